The first-order chi connectivity index (χ1) is 10.2. The average Bonchev–Trinajstić information content (AvgIpc) is 2.52. The normalized spacial score (nSPS) is 12.2. The maximum atomic E-state index is 13.8. The zero-order chi connectivity index (χ0) is 15.2. The van der Waals surface area contributed by atoms with Gasteiger partial charge in [0.15, 0.2) is 11.6 Å². The van der Waals surface area contributed by atoms with Crippen LogP contribution >= 0.6 is 0 Å². The highest BCUT2D eigenvalue weighted by molar-refractivity contribution is 5.31. The van der Waals surface area contributed by atoms with Crippen LogP contribution in [0.15, 0.2) is 36.5 Å². The van der Waals surface area contributed by atoms with E-state index >= 15 is 0 Å². The van der Waals surface area contributed by atoms with E-state index in [0.717, 1.165) is 17.7 Å². The standard InChI is InChI=1S/C17H21FN2O/c1-4-13-6-5-9-20-17(13)15(19-2)11-12-7-8-16(21-3)14(18)10-12/h5-10,15,19H,4,11H2,1-3H3. The lowest BCUT2D eigenvalue weighted by Crippen LogP contribution is -2.21. The third-order valence-electron chi connectivity index (χ3n) is 3.64. The highest BCUT2D eigenvalue weighted by Gasteiger charge is 2.15. The van der Waals surface area contributed by atoms with Crippen LogP contribution in [0, 0.1) is 5.82 Å². The molecule has 0 spiro atoms. The minimum atomic E-state index is -0.332. The summed E-state index contributed by atoms with van der Waals surface area (Å²) in [5.74, 6) is -0.0616. The number of hydrogen-bond donors (Lipinski definition) is 1. The Hall–Kier alpha value is -1.94. The highest BCUT2D eigenvalue weighted by atomic mass is 19.1. The minimum Gasteiger partial charge on any atom is -0.494 e. The second kappa shape index (κ2) is 7.18. The Kier molecular flexibility index (Phi) is 5.28. The molecule has 0 aliphatic heterocycles. The molecule has 1 aromatic carbocycles. The maximum Gasteiger partial charge on any atom is 0.165 e. The molecule has 112 valence electrons. The number of pyridine rings is 1. The largest absolute Gasteiger partial charge is 0.494 e. The van der Waals surface area contributed by atoms with E-state index in [1.54, 1.807) is 12.3 Å². The van der Waals surface area contributed by atoms with E-state index < -0.39 is 0 Å². The Morgan fingerprint density at radius 1 is 1.33 bits per heavy atom. The topological polar surface area (TPSA) is 34.1 Å². The van der Waals surface area contributed by atoms with Gasteiger partial charge in [-0.2, -0.15) is 0 Å². The van der Waals surface area contributed by atoms with Crippen molar-refractivity contribution in [3.8, 4) is 5.75 Å². The minimum absolute atomic E-state index is 0.0638. The summed E-state index contributed by atoms with van der Waals surface area (Å²) in [6.45, 7) is 2.11. The molecule has 1 aromatic heterocycles. The Labute approximate surface area is 125 Å². The van der Waals surface area contributed by atoms with Gasteiger partial charge in [-0.3, -0.25) is 4.98 Å². The summed E-state index contributed by atoms with van der Waals surface area (Å²) in [5, 5.41) is 3.27. The lowest BCUT2D eigenvalue weighted by atomic mass is 9.98. The molecule has 0 saturated heterocycles. The summed E-state index contributed by atoms with van der Waals surface area (Å²) in [6.07, 6.45) is 3.41. The van der Waals surface area contributed by atoms with Crippen molar-refractivity contribution in [3.05, 3.63) is 59.2 Å². The van der Waals surface area contributed by atoms with E-state index in [4.69, 9.17) is 4.74 Å². The number of benzene rings is 1. The lowest BCUT2D eigenvalue weighted by Gasteiger charge is -2.19. The first-order valence-corrected chi connectivity index (χ1v) is 7.13. The van der Waals surface area contributed by atoms with Crippen molar-refractivity contribution in [2.45, 2.75) is 25.8 Å². The Balaban J connectivity index is 2.25. The fourth-order valence-corrected chi connectivity index (χ4v) is 2.47. The third kappa shape index (κ3) is 3.58. The number of nitrogens with one attached hydrogen (secondary N) is 1. The predicted octanol–water partition coefficient (Wildman–Crippen LogP) is 3.29. The second-order valence-electron chi connectivity index (χ2n) is 4.92. The Bertz CT molecular complexity index is 601. The van der Waals surface area contributed by atoms with Crippen LogP contribution in [0.3, 0.4) is 0 Å². The summed E-state index contributed by atoms with van der Waals surface area (Å²) in [6, 6.07) is 9.17. The number of aryl methyl sites for hydroxylation is 1. The number of nitrogens with zero attached hydrogens (tertiary/aromatic N) is 1. The second-order valence-corrected chi connectivity index (χ2v) is 4.92. The van der Waals surface area contributed by atoms with Gasteiger partial charge in [0.1, 0.15) is 0 Å². The molecule has 0 bridgehead atoms. The van der Waals surface area contributed by atoms with Gasteiger partial charge in [-0.15, -0.1) is 0 Å². The van der Waals surface area contributed by atoms with E-state index in [2.05, 4.69) is 23.3 Å². The van der Waals surface area contributed by atoms with Crippen LogP contribution < -0.4 is 10.1 Å². The van der Waals surface area contributed by atoms with Crippen molar-refractivity contribution in [1.82, 2.24) is 10.3 Å². The third-order valence-corrected chi connectivity index (χ3v) is 3.64. The van der Waals surface area contributed by atoms with Gasteiger partial charge in [0, 0.05) is 6.20 Å². The smallest absolute Gasteiger partial charge is 0.165 e. The van der Waals surface area contributed by atoms with E-state index in [0.29, 0.717) is 6.42 Å². The fraction of sp³-hybridized carbons (Fsp3) is 0.353. The number of rotatable bonds is 6. The zero-order valence-electron chi connectivity index (χ0n) is 12.7. The molecule has 4 heteroatoms. The van der Waals surface area contributed by atoms with Crippen molar-refractivity contribution < 1.29 is 9.13 Å². The van der Waals surface area contributed by atoms with Gasteiger partial charge in [-0.25, -0.2) is 4.39 Å². The molecule has 0 aliphatic rings. The summed E-state index contributed by atoms with van der Waals surface area (Å²) in [7, 11) is 3.37. The van der Waals surface area contributed by atoms with Crippen molar-refractivity contribution in [3.63, 3.8) is 0 Å². The molecule has 2 rings (SSSR count). The summed E-state index contributed by atoms with van der Waals surface area (Å²) in [4.78, 5) is 4.49. The Morgan fingerprint density at radius 3 is 2.76 bits per heavy atom. The molecule has 0 aliphatic carbocycles. The maximum absolute atomic E-state index is 13.8. The quantitative estimate of drug-likeness (QED) is 0.885. The summed E-state index contributed by atoms with van der Waals surface area (Å²) >= 11 is 0. The number of ether oxygens (including phenoxy) is 1. The Morgan fingerprint density at radius 2 is 2.14 bits per heavy atom. The molecule has 2 aromatic rings. The zero-order valence-corrected chi connectivity index (χ0v) is 12.7. The van der Waals surface area contributed by atoms with Gasteiger partial charge >= 0.3 is 0 Å². The molecule has 3 nitrogen and oxygen atoms in total. The molecule has 1 atom stereocenters. The van der Waals surface area contributed by atoms with E-state index in [-0.39, 0.29) is 17.6 Å². The van der Waals surface area contributed by atoms with E-state index in [1.807, 2.05) is 19.2 Å². The average molecular weight is 288 g/mol. The molecule has 0 amide bonds. The summed E-state index contributed by atoms with van der Waals surface area (Å²) in [5.41, 5.74) is 3.16. The lowest BCUT2D eigenvalue weighted by molar-refractivity contribution is 0.386. The van der Waals surface area contributed by atoms with Crippen molar-refractivity contribution in [1.29, 1.82) is 0 Å². The number of likely N-dealkylation sites (N-methyl/N-ethyl adjacent to an activating group) is 1. The highest BCUT2D eigenvalue weighted by Crippen LogP contribution is 2.23. The van der Waals surface area contributed by atoms with Gasteiger partial charge in [0.2, 0.25) is 0 Å². The van der Waals surface area contributed by atoms with Gasteiger partial charge in [-0.1, -0.05) is 19.1 Å². The van der Waals surface area contributed by atoms with Crippen LogP contribution in [0.5, 0.6) is 5.75 Å². The van der Waals surface area contributed by atoms with E-state index in [9.17, 15) is 4.39 Å². The number of aromatic nitrogens is 1. The number of hydrogen-bond acceptors (Lipinski definition) is 3. The molecule has 0 radical (unpaired) electrons. The van der Waals surface area contributed by atoms with Crippen LogP contribution in [0.4, 0.5) is 4.39 Å². The molecule has 1 N–H and O–H groups in total. The van der Waals surface area contributed by atoms with Crippen molar-refractivity contribution >= 4 is 0 Å². The summed E-state index contributed by atoms with van der Waals surface area (Å²) < 4.78 is 18.7. The molecule has 1 unspecified atom stereocenters. The van der Waals surface area contributed by atoms with Crippen LogP contribution in [0.25, 0.3) is 0 Å². The van der Waals surface area contributed by atoms with Gasteiger partial charge in [0.25, 0.3) is 0 Å². The molecular formula is C17H21FN2O. The van der Waals surface area contributed by atoms with Crippen molar-refractivity contribution in [2.24, 2.45) is 0 Å². The van der Waals surface area contributed by atoms with Crippen LogP contribution in [0.1, 0.15) is 29.8 Å². The van der Waals surface area contributed by atoms with Gasteiger partial charge < -0.3 is 10.1 Å². The van der Waals surface area contributed by atoms with Crippen LogP contribution in [-0.4, -0.2) is 19.1 Å². The molecular weight excluding hydrogens is 267 g/mol. The van der Waals surface area contributed by atoms with Crippen molar-refractivity contribution in [2.75, 3.05) is 14.2 Å². The van der Waals surface area contributed by atoms with Crippen LogP contribution in [-0.2, 0) is 12.8 Å². The number of methoxy groups -OCH3 is 1. The van der Waals surface area contributed by atoms with E-state index in [1.165, 1.54) is 18.7 Å². The van der Waals surface area contributed by atoms with Gasteiger partial charge in [0.05, 0.1) is 18.8 Å². The van der Waals surface area contributed by atoms with Gasteiger partial charge in [-0.05, 0) is 49.2 Å². The molecule has 0 fully saturated rings. The SMILES string of the molecule is CCc1cccnc1C(Cc1ccc(OC)c(F)c1)NC. The molecule has 1 heterocycles. The first kappa shape index (κ1) is 15.4. The number of halogens is 1. The fourth-order valence-electron chi connectivity index (χ4n) is 2.47. The monoisotopic (exact) mass is 288 g/mol. The molecule has 0 saturated carbocycles. The van der Waals surface area contributed by atoms with Crippen LogP contribution in [0.2, 0.25) is 0 Å². The first-order valence-electron chi connectivity index (χ1n) is 7.13. The predicted molar refractivity (Wildman–Crippen MR) is 82.1 cm³/mol. The molecule has 21 heavy (non-hydrogen) atoms.